The number of nitrogens with one attached hydrogen (secondary N) is 1. The maximum Gasteiger partial charge on any atom is 0.180 e. The van der Waals surface area contributed by atoms with E-state index in [1.165, 1.54) is 38.5 Å². The smallest absolute Gasteiger partial charge is 0.180 e. The van der Waals surface area contributed by atoms with Gasteiger partial charge in [0.2, 0.25) is 0 Å². The molecule has 0 aromatic heterocycles. The van der Waals surface area contributed by atoms with E-state index in [1.807, 2.05) is 19.1 Å². The van der Waals surface area contributed by atoms with Crippen molar-refractivity contribution in [1.29, 1.82) is 0 Å². The Kier molecular flexibility index (Phi) is 6.55. The van der Waals surface area contributed by atoms with E-state index in [2.05, 4.69) is 25.2 Å². The fourth-order valence-corrected chi connectivity index (χ4v) is 8.67. The summed E-state index contributed by atoms with van der Waals surface area (Å²) in [6.45, 7) is 8.50. The molecule has 4 aliphatic rings. The molecular formula is C28H34Cl3NO2. The largest absolute Gasteiger partial charge is 0.490 e. The van der Waals surface area contributed by atoms with Crippen molar-refractivity contribution < 1.29 is 9.47 Å². The number of rotatable bonds is 8. The predicted octanol–water partition coefficient (Wildman–Crippen LogP) is 8.46. The highest BCUT2D eigenvalue weighted by Crippen LogP contribution is 2.66. The molecule has 0 heterocycles. The van der Waals surface area contributed by atoms with Gasteiger partial charge in [0.05, 0.1) is 11.6 Å². The molecule has 4 fully saturated rings. The fourth-order valence-electron chi connectivity index (χ4n) is 7.88. The van der Waals surface area contributed by atoms with Crippen LogP contribution in [0.3, 0.4) is 0 Å². The van der Waals surface area contributed by atoms with Crippen molar-refractivity contribution >= 4 is 34.8 Å². The molecule has 184 valence electrons. The molecular weight excluding hydrogens is 489 g/mol. The van der Waals surface area contributed by atoms with Crippen molar-refractivity contribution in [3.63, 3.8) is 0 Å². The van der Waals surface area contributed by atoms with Crippen LogP contribution in [0, 0.1) is 16.7 Å². The summed E-state index contributed by atoms with van der Waals surface area (Å²) in [6, 6.07) is 9.47. The molecule has 4 atom stereocenters. The molecule has 2 aromatic carbocycles. The number of ether oxygens (including phenoxy) is 2. The summed E-state index contributed by atoms with van der Waals surface area (Å²) >= 11 is 19.3. The zero-order valence-corrected chi connectivity index (χ0v) is 22.5. The van der Waals surface area contributed by atoms with Gasteiger partial charge in [-0.1, -0.05) is 54.7 Å². The van der Waals surface area contributed by atoms with E-state index in [0.29, 0.717) is 44.0 Å². The van der Waals surface area contributed by atoms with E-state index in [1.54, 1.807) is 12.1 Å². The Morgan fingerprint density at radius 1 is 0.912 bits per heavy atom. The molecule has 34 heavy (non-hydrogen) atoms. The van der Waals surface area contributed by atoms with Crippen LogP contribution in [0.1, 0.15) is 70.4 Å². The summed E-state index contributed by atoms with van der Waals surface area (Å²) in [7, 11) is 0. The van der Waals surface area contributed by atoms with Crippen LogP contribution >= 0.6 is 34.8 Å². The van der Waals surface area contributed by atoms with E-state index in [4.69, 9.17) is 44.3 Å². The molecule has 0 spiro atoms. The van der Waals surface area contributed by atoms with E-state index in [-0.39, 0.29) is 12.1 Å². The third-order valence-corrected chi connectivity index (χ3v) is 9.07. The lowest BCUT2D eigenvalue weighted by Crippen LogP contribution is -2.63. The molecule has 2 unspecified atom stereocenters. The molecule has 4 bridgehead atoms. The highest BCUT2D eigenvalue weighted by atomic mass is 35.5. The van der Waals surface area contributed by atoms with Crippen LogP contribution in [0.15, 0.2) is 30.3 Å². The van der Waals surface area contributed by atoms with Gasteiger partial charge in [-0.15, -0.1) is 0 Å². The van der Waals surface area contributed by atoms with Crippen LogP contribution in [-0.4, -0.2) is 12.1 Å². The molecule has 6 rings (SSSR count). The van der Waals surface area contributed by atoms with Gasteiger partial charge >= 0.3 is 0 Å². The van der Waals surface area contributed by atoms with Crippen LogP contribution < -0.4 is 14.8 Å². The lowest BCUT2D eigenvalue weighted by Gasteiger charge is -2.65. The first-order valence-electron chi connectivity index (χ1n) is 12.4. The molecule has 0 amide bonds. The van der Waals surface area contributed by atoms with Gasteiger partial charge in [-0.3, -0.25) is 0 Å². The number of hydrogen-bond donors (Lipinski definition) is 1. The van der Waals surface area contributed by atoms with Crippen LogP contribution in [-0.2, 0) is 13.2 Å². The fraction of sp³-hybridized carbons (Fsp3) is 0.571. The monoisotopic (exact) mass is 521 g/mol. The number of benzene rings is 2. The summed E-state index contributed by atoms with van der Waals surface area (Å²) in [5, 5.41) is 5.67. The van der Waals surface area contributed by atoms with Crippen LogP contribution in [0.4, 0.5) is 0 Å². The summed E-state index contributed by atoms with van der Waals surface area (Å²) in [5.74, 6) is 2.03. The lowest BCUT2D eigenvalue weighted by molar-refractivity contribution is -0.118. The summed E-state index contributed by atoms with van der Waals surface area (Å²) in [4.78, 5) is 0. The minimum atomic E-state index is 0.220. The normalized spacial score (nSPS) is 31.6. The van der Waals surface area contributed by atoms with Gasteiger partial charge in [-0.05, 0) is 92.0 Å². The van der Waals surface area contributed by atoms with Crippen molar-refractivity contribution in [3.8, 4) is 11.5 Å². The van der Waals surface area contributed by atoms with E-state index in [9.17, 15) is 0 Å². The van der Waals surface area contributed by atoms with E-state index in [0.717, 1.165) is 23.6 Å². The minimum Gasteiger partial charge on any atom is -0.490 e. The van der Waals surface area contributed by atoms with E-state index >= 15 is 0 Å². The van der Waals surface area contributed by atoms with Gasteiger partial charge in [-0.25, -0.2) is 0 Å². The SMILES string of the molecule is CCOc1cc(CNC23CC4C[C@@](C)(C2)C[C@](C)(C4)C3)cc(Cl)c1OCc1c(Cl)cccc1Cl. The first-order valence-corrected chi connectivity index (χ1v) is 13.5. The quantitative estimate of drug-likeness (QED) is 0.377. The first-order chi connectivity index (χ1) is 16.1. The van der Waals surface area contributed by atoms with Crippen molar-refractivity contribution in [2.45, 2.75) is 78.0 Å². The van der Waals surface area contributed by atoms with Crippen LogP contribution in [0.2, 0.25) is 15.1 Å². The topological polar surface area (TPSA) is 30.5 Å². The van der Waals surface area contributed by atoms with Gasteiger partial charge in [0, 0.05) is 27.7 Å². The summed E-state index contributed by atoms with van der Waals surface area (Å²) < 4.78 is 12.0. The summed E-state index contributed by atoms with van der Waals surface area (Å²) in [5.41, 5.74) is 3.04. The van der Waals surface area contributed by atoms with Crippen LogP contribution in [0.5, 0.6) is 11.5 Å². The zero-order chi connectivity index (χ0) is 24.1. The van der Waals surface area contributed by atoms with Crippen molar-refractivity contribution in [2.75, 3.05) is 6.61 Å². The van der Waals surface area contributed by atoms with Crippen molar-refractivity contribution in [1.82, 2.24) is 5.32 Å². The van der Waals surface area contributed by atoms with E-state index < -0.39 is 0 Å². The molecule has 1 N–H and O–H groups in total. The second-order valence-corrected chi connectivity index (χ2v) is 12.8. The van der Waals surface area contributed by atoms with Gasteiger partial charge in [-0.2, -0.15) is 0 Å². The molecule has 4 saturated carbocycles. The molecule has 4 aliphatic carbocycles. The average Bonchev–Trinajstić information content (AvgIpc) is 2.71. The highest BCUT2D eigenvalue weighted by Gasteiger charge is 2.59. The van der Waals surface area contributed by atoms with Gasteiger partial charge in [0.25, 0.3) is 0 Å². The Labute approximate surface area is 218 Å². The molecule has 0 radical (unpaired) electrons. The van der Waals surface area contributed by atoms with Crippen LogP contribution in [0.25, 0.3) is 0 Å². The summed E-state index contributed by atoms with van der Waals surface area (Å²) in [6.07, 6.45) is 8.02. The second kappa shape index (κ2) is 9.07. The molecule has 0 aliphatic heterocycles. The van der Waals surface area contributed by atoms with Gasteiger partial charge in [0.15, 0.2) is 11.5 Å². The van der Waals surface area contributed by atoms with Gasteiger partial charge in [0.1, 0.15) is 6.61 Å². The maximum absolute atomic E-state index is 6.72. The zero-order valence-electron chi connectivity index (χ0n) is 20.3. The van der Waals surface area contributed by atoms with Gasteiger partial charge < -0.3 is 14.8 Å². The Morgan fingerprint density at radius 3 is 2.21 bits per heavy atom. The molecule has 6 heteroatoms. The highest BCUT2D eigenvalue weighted by molar-refractivity contribution is 6.36. The van der Waals surface area contributed by atoms with Crippen molar-refractivity contribution in [3.05, 3.63) is 56.5 Å². The Bertz CT molecular complexity index is 1050. The first kappa shape index (κ1) is 24.6. The number of halogens is 3. The predicted molar refractivity (Wildman–Crippen MR) is 140 cm³/mol. The molecule has 2 aromatic rings. The maximum atomic E-state index is 6.72. The Hall–Kier alpha value is -1.13. The second-order valence-electron chi connectivity index (χ2n) is 11.6. The standard InChI is InChI=1S/C28H34Cl3NO2/c1-4-33-24-9-18(8-23(31)25(24)34-14-20-21(29)6-5-7-22(20)30)13-32-28-12-19-10-26(2,16-28)15-27(3,11-19)17-28/h5-9,19,32H,4,10-17H2,1-3H3/t19?,26-,27+,28?. The van der Waals surface area contributed by atoms with Crippen molar-refractivity contribution in [2.24, 2.45) is 16.7 Å². The lowest BCUT2D eigenvalue weighted by atomic mass is 9.43. The minimum absolute atomic E-state index is 0.220. The molecule has 3 nitrogen and oxygen atoms in total. The molecule has 0 saturated heterocycles. The number of hydrogen-bond acceptors (Lipinski definition) is 3. The Balaban J connectivity index is 1.33. The third kappa shape index (κ3) is 4.78. The average molecular weight is 523 g/mol. The Morgan fingerprint density at radius 2 is 1.59 bits per heavy atom. The third-order valence-electron chi connectivity index (χ3n) is 8.09.